The minimum atomic E-state index is -0.523. The van der Waals surface area contributed by atoms with Crippen LogP contribution in [0.4, 0.5) is 17.1 Å². The molecule has 0 fully saturated rings. The number of benzene rings is 3. The number of nitrogens with zero attached hydrogens (tertiary/aromatic N) is 2. The van der Waals surface area contributed by atoms with Gasteiger partial charge in [-0.05, 0) is 48.9 Å². The average molecular weight is 469 g/mol. The van der Waals surface area contributed by atoms with Crippen LogP contribution in [-0.4, -0.2) is 35.1 Å². The molecule has 0 spiro atoms. The monoisotopic (exact) mass is 468 g/mol. The lowest BCUT2D eigenvalue weighted by Crippen LogP contribution is -2.48. The van der Waals surface area contributed by atoms with Crippen molar-refractivity contribution in [3.63, 3.8) is 0 Å². The van der Waals surface area contributed by atoms with Crippen LogP contribution in [0.3, 0.4) is 0 Å². The van der Waals surface area contributed by atoms with E-state index in [1.807, 2.05) is 24.3 Å². The summed E-state index contributed by atoms with van der Waals surface area (Å²) in [7, 11) is 0. The van der Waals surface area contributed by atoms with Crippen molar-refractivity contribution < 1.29 is 19.2 Å². The van der Waals surface area contributed by atoms with Crippen LogP contribution < -0.4 is 15.5 Å². The maximum absolute atomic E-state index is 13.4. The van der Waals surface area contributed by atoms with Crippen LogP contribution in [-0.2, 0) is 9.59 Å². The number of amides is 4. The summed E-state index contributed by atoms with van der Waals surface area (Å²) in [5.74, 6) is -0.625. The molecule has 2 aliphatic heterocycles. The van der Waals surface area contributed by atoms with Crippen molar-refractivity contribution in [1.29, 1.82) is 0 Å². The maximum atomic E-state index is 13.4. The van der Waals surface area contributed by atoms with Crippen molar-refractivity contribution in [2.75, 3.05) is 22.1 Å². The lowest BCUT2D eigenvalue weighted by Gasteiger charge is -2.41. The molecule has 0 saturated heterocycles. The van der Waals surface area contributed by atoms with E-state index in [4.69, 9.17) is 0 Å². The van der Waals surface area contributed by atoms with Crippen LogP contribution in [0.15, 0.2) is 72.8 Å². The topological polar surface area (TPSA) is 98.8 Å². The zero-order chi connectivity index (χ0) is 24.5. The molecule has 1 atom stereocenters. The molecule has 0 aromatic heterocycles. The predicted molar refractivity (Wildman–Crippen MR) is 132 cm³/mol. The summed E-state index contributed by atoms with van der Waals surface area (Å²) >= 11 is 0. The molecule has 176 valence electrons. The van der Waals surface area contributed by atoms with Crippen molar-refractivity contribution in [1.82, 2.24) is 4.90 Å². The van der Waals surface area contributed by atoms with Gasteiger partial charge in [0, 0.05) is 42.4 Å². The molecule has 0 bridgehead atoms. The highest BCUT2D eigenvalue weighted by atomic mass is 16.2. The van der Waals surface area contributed by atoms with E-state index in [-0.39, 0.29) is 30.0 Å². The summed E-state index contributed by atoms with van der Waals surface area (Å²) in [6, 6.07) is 21.3. The van der Waals surface area contributed by atoms with Gasteiger partial charge in [-0.25, -0.2) is 0 Å². The molecule has 8 heteroatoms. The number of hydrogen-bond acceptors (Lipinski definition) is 4. The molecule has 4 amide bonds. The molecule has 1 unspecified atom stereocenters. The molecule has 35 heavy (non-hydrogen) atoms. The summed E-state index contributed by atoms with van der Waals surface area (Å²) in [4.78, 5) is 53.7. The van der Waals surface area contributed by atoms with Gasteiger partial charge in [0.2, 0.25) is 11.8 Å². The first-order valence-electron chi connectivity index (χ1n) is 11.4. The highest BCUT2D eigenvalue weighted by molar-refractivity contribution is 6.16. The number of para-hydroxylation sites is 1. The Bertz CT molecular complexity index is 1340. The lowest BCUT2D eigenvalue weighted by molar-refractivity contribution is -0.116. The Balaban J connectivity index is 1.29. The van der Waals surface area contributed by atoms with Crippen molar-refractivity contribution in [2.24, 2.45) is 0 Å². The van der Waals surface area contributed by atoms with Crippen LogP contribution >= 0.6 is 0 Å². The number of carbonyl (C=O) groups is 4. The largest absolute Gasteiger partial charge is 0.326 e. The van der Waals surface area contributed by atoms with Gasteiger partial charge in [-0.1, -0.05) is 30.3 Å². The molecule has 0 saturated carbocycles. The van der Waals surface area contributed by atoms with Crippen molar-refractivity contribution in [2.45, 2.75) is 25.9 Å². The first kappa shape index (κ1) is 22.3. The lowest BCUT2D eigenvalue weighted by atomic mass is 10.0. The summed E-state index contributed by atoms with van der Waals surface area (Å²) < 4.78 is 0. The van der Waals surface area contributed by atoms with Gasteiger partial charge in [-0.2, -0.15) is 0 Å². The van der Waals surface area contributed by atoms with E-state index in [1.165, 1.54) is 6.92 Å². The molecule has 0 radical (unpaired) electrons. The minimum Gasteiger partial charge on any atom is -0.326 e. The van der Waals surface area contributed by atoms with E-state index in [2.05, 4.69) is 10.6 Å². The first-order chi connectivity index (χ1) is 16.9. The Morgan fingerprint density at radius 1 is 0.800 bits per heavy atom. The van der Waals surface area contributed by atoms with Crippen LogP contribution in [0.25, 0.3) is 0 Å². The average Bonchev–Trinajstić information content (AvgIpc) is 3.15. The molecule has 2 heterocycles. The number of carbonyl (C=O) groups excluding carboxylic acids is 4. The quantitative estimate of drug-likeness (QED) is 0.567. The molecular weight excluding hydrogens is 444 g/mol. The van der Waals surface area contributed by atoms with Crippen LogP contribution in [0.2, 0.25) is 0 Å². The minimum absolute atomic E-state index is 0.129. The predicted octanol–water partition coefficient (Wildman–Crippen LogP) is 4.18. The maximum Gasteiger partial charge on any atom is 0.260 e. The summed E-state index contributed by atoms with van der Waals surface area (Å²) in [6.07, 6.45) is 0.122. The van der Waals surface area contributed by atoms with Gasteiger partial charge in [0.25, 0.3) is 11.8 Å². The van der Waals surface area contributed by atoms with Gasteiger partial charge in [0.15, 0.2) is 0 Å². The molecule has 3 aromatic carbocycles. The molecule has 2 aliphatic rings. The first-order valence-corrected chi connectivity index (χ1v) is 11.4. The summed E-state index contributed by atoms with van der Waals surface area (Å²) in [5, 5.41) is 5.52. The van der Waals surface area contributed by atoms with Gasteiger partial charge in [0.05, 0.1) is 11.3 Å². The van der Waals surface area contributed by atoms with E-state index in [0.29, 0.717) is 41.2 Å². The van der Waals surface area contributed by atoms with E-state index >= 15 is 0 Å². The Kier molecular flexibility index (Phi) is 5.78. The number of anilines is 3. The molecule has 8 nitrogen and oxygen atoms in total. The highest BCUT2D eigenvalue weighted by Gasteiger charge is 2.47. The normalized spacial score (nSPS) is 15.9. The standard InChI is InChI=1S/C27H24N4O4/c1-17(32)28-18-12-14-19(15-13-18)29-24(33)11-6-16-30-25-20-7-2-3-8-21(20)27(35)31(25)23-10-5-4-9-22(23)26(30)34/h2-5,7-10,12-15,25H,6,11,16H2,1H3,(H,28,32)(H,29,33). The van der Waals surface area contributed by atoms with E-state index in [1.54, 1.807) is 58.3 Å². The fourth-order valence-electron chi connectivity index (χ4n) is 4.67. The fourth-order valence-corrected chi connectivity index (χ4v) is 4.67. The molecule has 2 N–H and O–H groups in total. The highest BCUT2D eigenvalue weighted by Crippen LogP contribution is 2.45. The second-order valence-electron chi connectivity index (χ2n) is 8.56. The number of fused-ring (bicyclic) bond motifs is 5. The van der Waals surface area contributed by atoms with Crippen molar-refractivity contribution in [3.05, 3.63) is 89.5 Å². The summed E-state index contributed by atoms with van der Waals surface area (Å²) in [6.45, 7) is 1.76. The molecule has 0 aliphatic carbocycles. The second-order valence-corrected chi connectivity index (χ2v) is 8.56. The number of hydrogen-bond donors (Lipinski definition) is 2. The van der Waals surface area contributed by atoms with Gasteiger partial charge in [-0.15, -0.1) is 0 Å². The molecule has 5 rings (SSSR count). The zero-order valence-corrected chi connectivity index (χ0v) is 19.2. The Hall–Kier alpha value is -4.46. The third kappa shape index (κ3) is 4.14. The van der Waals surface area contributed by atoms with Gasteiger partial charge < -0.3 is 15.5 Å². The van der Waals surface area contributed by atoms with Crippen molar-refractivity contribution in [3.8, 4) is 0 Å². The van der Waals surface area contributed by atoms with E-state index in [9.17, 15) is 19.2 Å². The Morgan fingerprint density at radius 3 is 2.14 bits per heavy atom. The smallest absolute Gasteiger partial charge is 0.260 e. The number of nitrogens with one attached hydrogen (secondary N) is 2. The zero-order valence-electron chi connectivity index (χ0n) is 19.2. The van der Waals surface area contributed by atoms with Gasteiger partial charge >= 0.3 is 0 Å². The molecule has 3 aromatic rings. The fraction of sp³-hybridized carbons (Fsp3) is 0.185. The van der Waals surface area contributed by atoms with Crippen LogP contribution in [0.1, 0.15) is 52.2 Å². The third-order valence-electron chi connectivity index (χ3n) is 6.17. The van der Waals surface area contributed by atoms with Crippen LogP contribution in [0.5, 0.6) is 0 Å². The summed E-state index contributed by atoms with van der Waals surface area (Å²) in [5.41, 5.74) is 3.74. The van der Waals surface area contributed by atoms with E-state index in [0.717, 1.165) is 5.56 Å². The Morgan fingerprint density at radius 2 is 1.43 bits per heavy atom. The van der Waals surface area contributed by atoms with Crippen LogP contribution in [0, 0.1) is 0 Å². The SMILES string of the molecule is CC(=O)Nc1ccc(NC(=O)CCCN2C(=O)c3ccccc3N3C(=O)c4ccccc4C23)cc1. The number of rotatable bonds is 6. The van der Waals surface area contributed by atoms with E-state index < -0.39 is 6.17 Å². The Labute approximate surface area is 202 Å². The second kappa shape index (κ2) is 9.06. The molecular formula is C27H24N4O4. The third-order valence-corrected chi connectivity index (χ3v) is 6.17. The van der Waals surface area contributed by atoms with Gasteiger partial charge in [0.1, 0.15) is 6.17 Å². The van der Waals surface area contributed by atoms with Crippen molar-refractivity contribution >= 4 is 40.7 Å². The van der Waals surface area contributed by atoms with Gasteiger partial charge in [-0.3, -0.25) is 24.1 Å².